The number of halogens is 1. The van der Waals surface area contributed by atoms with E-state index in [0.29, 0.717) is 12.4 Å². The van der Waals surface area contributed by atoms with Gasteiger partial charge in [-0.1, -0.05) is 11.6 Å². The minimum Gasteiger partial charge on any atom is -0.486 e. The lowest BCUT2D eigenvalue weighted by atomic mass is 10.3. The number of nitrogens with zero attached hydrogens (tertiary/aromatic N) is 2. The molecule has 0 aliphatic heterocycles. The highest BCUT2D eigenvalue weighted by atomic mass is 35.5. The molecule has 0 spiro atoms. The van der Waals surface area contributed by atoms with Gasteiger partial charge in [-0.3, -0.25) is 4.68 Å². The molecule has 114 valence electrons. The summed E-state index contributed by atoms with van der Waals surface area (Å²) in [6, 6.07) is 6.05. The van der Waals surface area contributed by atoms with Gasteiger partial charge in [0.05, 0.1) is 21.3 Å². The van der Waals surface area contributed by atoms with Crippen LogP contribution in [0.1, 0.15) is 18.3 Å². The zero-order valence-electron chi connectivity index (χ0n) is 11.7. The third-order valence-electron chi connectivity index (χ3n) is 2.89. The molecular formula is C13H16ClN3O3S. The molecule has 2 aromatic rings. The number of benzene rings is 1. The fourth-order valence-electron chi connectivity index (χ4n) is 1.92. The highest BCUT2D eigenvalue weighted by molar-refractivity contribution is 7.89. The first kappa shape index (κ1) is 15.8. The van der Waals surface area contributed by atoms with E-state index in [1.807, 2.05) is 24.6 Å². The molecule has 2 rings (SSSR count). The minimum atomic E-state index is -3.77. The number of nitrogens with two attached hydrogens (primary N) is 1. The first-order valence-corrected chi connectivity index (χ1v) is 8.22. The summed E-state index contributed by atoms with van der Waals surface area (Å²) in [4.78, 5) is -0.0469. The monoisotopic (exact) mass is 329 g/mol. The molecule has 0 bridgehead atoms. The molecule has 1 heterocycles. The Balaban J connectivity index is 2.17. The van der Waals surface area contributed by atoms with Crippen LogP contribution in [0.15, 0.2) is 29.2 Å². The van der Waals surface area contributed by atoms with Crippen LogP contribution >= 0.6 is 11.6 Å². The van der Waals surface area contributed by atoms with Crippen LogP contribution in [0.4, 0.5) is 0 Å². The van der Waals surface area contributed by atoms with Crippen LogP contribution in [0.3, 0.4) is 0 Å². The summed E-state index contributed by atoms with van der Waals surface area (Å²) < 4.78 is 29.9. The van der Waals surface area contributed by atoms with Gasteiger partial charge in [-0.2, -0.15) is 5.10 Å². The molecule has 0 aliphatic carbocycles. The summed E-state index contributed by atoms with van der Waals surface area (Å²) >= 11 is 6.01. The van der Waals surface area contributed by atoms with Crippen molar-refractivity contribution in [3.05, 3.63) is 40.7 Å². The van der Waals surface area contributed by atoms with Gasteiger partial charge in [0.1, 0.15) is 12.4 Å². The highest BCUT2D eigenvalue weighted by Gasteiger charge is 2.12. The molecule has 0 fully saturated rings. The van der Waals surface area contributed by atoms with Crippen molar-refractivity contribution in [2.24, 2.45) is 5.14 Å². The molecule has 2 N–H and O–H groups in total. The zero-order valence-corrected chi connectivity index (χ0v) is 13.3. The Labute approximate surface area is 128 Å². The topological polar surface area (TPSA) is 87.2 Å². The lowest BCUT2D eigenvalue weighted by Crippen LogP contribution is -2.12. The summed E-state index contributed by atoms with van der Waals surface area (Å²) in [7, 11) is -3.77. The first-order valence-electron chi connectivity index (χ1n) is 6.29. The molecule has 6 nitrogen and oxygen atoms in total. The molecule has 0 saturated heterocycles. The van der Waals surface area contributed by atoms with Crippen molar-refractivity contribution in [3.8, 4) is 5.75 Å². The van der Waals surface area contributed by atoms with Crippen molar-refractivity contribution in [2.75, 3.05) is 0 Å². The first-order chi connectivity index (χ1) is 9.81. The van der Waals surface area contributed by atoms with Gasteiger partial charge in [0.2, 0.25) is 10.0 Å². The van der Waals surface area contributed by atoms with Crippen LogP contribution in [-0.2, 0) is 23.2 Å². The number of sulfonamides is 1. The number of primary sulfonamides is 1. The zero-order chi connectivity index (χ0) is 15.6. The maximum Gasteiger partial charge on any atom is 0.238 e. The predicted octanol–water partition coefficient (Wildman–Crippen LogP) is 2.09. The van der Waals surface area contributed by atoms with Crippen LogP contribution in [0.2, 0.25) is 5.02 Å². The second-order valence-corrected chi connectivity index (χ2v) is 6.49. The second kappa shape index (κ2) is 6.05. The Morgan fingerprint density at radius 2 is 2.10 bits per heavy atom. The SMILES string of the molecule is CCn1nc(C)cc1COc1ccc(S(N)(=O)=O)cc1Cl. The van der Waals surface area contributed by atoms with E-state index < -0.39 is 10.0 Å². The van der Waals surface area contributed by atoms with Crippen molar-refractivity contribution >= 4 is 21.6 Å². The summed E-state index contributed by atoms with van der Waals surface area (Å²) in [6.07, 6.45) is 0. The smallest absolute Gasteiger partial charge is 0.238 e. The van der Waals surface area contributed by atoms with Gasteiger partial charge in [-0.15, -0.1) is 0 Å². The lowest BCUT2D eigenvalue weighted by Gasteiger charge is -2.10. The van der Waals surface area contributed by atoms with Crippen LogP contribution in [0.5, 0.6) is 5.75 Å². The number of hydrogen-bond donors (Lipinski definition) is 1. The minimum absolute atomic E-state index is 0.0469. The Hall–Kier alpha value is -1.57. The quantitative estimate of drug-likeness (QED) is 0.909. The summed E-state index contributed by atoms with van der Waals surface area (Å²) in [6.45, 7) is 4.93. The van der Waals surface area contributed by atoms with E-state index in [2.05, 4.69) is 5.10 Å². The van der Waals surface area contributed by atoms with Gasteiger partial charge in [-0.25, -0.2) is 13.6 Å². The van der Waals surface area contributed by atoms with Crippen molar-refractivity contribution < 1.29 is 13.2 Å². The van der Waals surface area contributed by atoms with Gasteiger partial charge in [0, 0.05) is 6.54 Å². The summed E-state index contributed by atoms with van der Waals surface area (Å²) in [5.74, 6) is 0.394. The van der Waals surface area contributed by atoms with Gasteiger partial charge >= 0.3 is 0 Å². The number of aromatic nitrogens is 2. The van der Waals surface area contributed by atoms with E-state index in [4.69, 9.17) is 21.5 Å². The second-order valence-electron chi connectivity index (χ2n) is 4.52. The Morgan fingerprint density at radius 1 is 1.38 bits per heavy atom. The molecule has 8 heteroatoms. The van der Waals surface area contributed by atoms with Crippen molar-refractivity contribution in [3.63, 3.8) is 0 Å². The van der Waals surface area contributed by atoms with Crippen LogP contribution in [-0.4, -0.2) is 18.2 Å². The fourth-order valence-corrected chi connectivity index (χ4v) is 2.76. The van der Waals surface area contributed by atoms with Crippen LogP contribution in [0.25, 0.3) is 0 Å². The number of aryl methyl sites for hydroxylation is 2. The van der Waals surface area contributed by atoms with E-state index in [-0.39, 0.29) is 9.92 Å². The van der Waals surface area contributed by atoms with Crippen molar-refractivity contribution in [1.82, 2.24) is 9.78 Å². The van der Waals surface area contributed by atoms with E-state index in [1.54, 1.807) is 0 Å². The molecule has 1 aromatic carbocycles. The average Bonchev–Trinajstić information content (AvgIpc) is 2.76. The van der Waals surface area contributed by atoms with E-state index in [9.17, 15) is 8.42 Å². The average molecular weight is 330 g/mol. The predicted molar refractivity (Wildman–Crippen MR) is 79.8 cm³/mol. The third-order valence-corrected chi connectivity index (χ3v) is 4.10. The van der Waals surface area contributed by atoms with Crippen molar-refractivity contribution in [1.29, 1.82) is 0 Å². The maximum absolute atomic E-state index is 11.2. The fraction of sp³-hybridized carbons (Fsp3) is 0.308. The van der Waals surface area contributed by atoms with Crippen molar-refractivity contribution in [2.45, 2.75) is 31.9 Å². The molecule has 0 unspecified atom stereocenters. The molecule has 0 saturated carbocycles. The summed E-state index contributed by atoms with van der Waals surface area (Å²) in [5, 5.41) is 9.56. The lowest BCUT2D eigenvalue weighted by molar-refractivity contribution is 0.292. The summed E-state index contributed by atoms with van der Waals surface area (Å²) in [5.41, 5.74) is 1.83. The van der Waals surface area contributed by atoms with E-state index >= 15 is 0 Å². The molecule has 0 radical (unpaired) electrons. The van der Waals surface area contributed by atoms with Crippen LogP contribution < -0.4 is 9.88 Å². The molecular weight excluding hydrogens is 314 g/mol. The largest absolute Gasteiger partial charge is 0.486 e. The molecule has 0 aliphatic rings. The van der Waals surface area contributed by atoms with Gasteiger partial charge in [0.15, 0.2) is 0 Å². The number of rotatable bonds is 5. The van der Waals surface area contributed by atoms with Crippen LogP contribution in [0, 0.1) is 6.92 Å². The molecule has 0 atom stereocenters. The Morgan fingerprint density at radius 3 is 2.67 bits per heavy atom. The number of ether oxygens (including phenoxy) is 1. The van der Waals surface area contributed by atoms with Gasteiger partial charge < -0.3 is 4.74 Å². The third kappa shape index (κ3) is 3.75. The number of hydrogen-bond acceptors (Lipinski definition) is 4. The molecule has 0 amide bonds. The Kier molecular flexibility index (Phi) is 4.55. The molecule has 1 aromatic heterocycles. The van der Waals surface area contributed by atoms with Gasteiger partial charge in [-0.05, 0) is 38.1 Å². The Bertz CT molecular complexity index is 756. The van der Waals surface area contributed by atoms with Gasteiger partial charge in [0.25, 0.3) is 0 Å². The normalized spacial score (nSPS) is 11.6. The van der Waals surface area contributed by atoms with E-state index in [0.717, 1.165) is 17.9 Å². The highest BCUT2D eigenvalue weighted by Crippen LogP contribution is 2.27. The standard InChI is InChI=1S/C13H16ClN3O3S/c1-3-17-10(6-9(2)16-17)8-20-13-5-4-11(7-12(13)14)21(15,18)19/h4-7H,3,8H2,1-2H3,(H2,15,18,19). The maximum atomic E-state index is 11.2. The van der Waals surface area contributed by atoms with E-state index in [1.165, 1.54) is 18.2 Å². The molecule has 21 heavy (non-hydrogen) atoms.